The van der Waals surface area contributed by atoms with Gasteiger partial charge in [0.05, 0.1) is 23.8 Å². The molecule has 0 saturated carbocycles. The van der Waals surface area contributed by atoms with E-state index < -0.39 is 17.5 Å². The molecule has 6 heteroatoms. The van der Waals surface area contributed by atoms with Crippen LogP contribution in [-0.4, -0.2) is 18.5 Å². The first-order chi connectivity index (χ1) is 8.37. The molecule has 18 heavy (non-hydrogen) atoms. The lowest BCUT2D eigenvalue weighted by molar-refractivity contribution is -2.00. The molecule has 0 amide bonds. The smallest absolute Gasteiger partial charge is 0.0939 e. The molecule has 0 unspecified atom stereocenters. The molecule has 102 valence electrons. The first-order valence-corrected chi connectivity index (χ1v) is 9.49. The van der Waals surface area contributed by atoms with Crippen molar-refractivity contribution in [2.45, 2.75) is 19.8 Å². The summed E-state index contributed by atoms with van der Waals surface area (Å²) in [6.07, 6.45) is 7.37. The fourth-order valence-corrected chi connectivity index (χ4v) is 6.64. The van der Waals surface area contributed by atoms with E-state index in [9.17, 15) is 0 Å². The summed E-state index contributed by atoms with van der Waals surface area (Å²) in [6, 6.07) is 11.2. The summed E-state index contributed by atoms with van der Waals surface area (Å²) in [6.45, 7) is 2.38. The summed E-state index contributed by atoms with van der Waals surface area (Å²) in [4.78, 5) is 0. The average Bonchev–Trinajstić information content (AvgIpc) is 2.78. The van der Waals surface area contributed by atoms with Crippen molar-refractivity contribution in [1.82, 2.24) is 0 Å². The highest BCUT2D eigenvalue weighted by Crippen LogP contribution is 2.62. The lowest BCUT2D eigenvalue weighted by Gasteiger charge is -2.19. The van der Waals surface area contributed by atoms with Crippen LogP contribution >= 0.6 is 7.26 Å². The van der Waals surface area contributed by atoms with Crippen LogP contribution in [0.5, 0.6) is 0 Å². The highest BCUT2D eigenvalue weighted by atomic mass is 35.7. The molecule has 1 saturated heterocycles. The van der Waals surface area contributed by atoms with Gasteiger partial charge in [-0.05, 0) is 31.9 Å². The molecule has 1 aromatic rings. The van der Waals surface area contributed by atoms with E-state index in [2.05, 4.69) is 37.3 Å². The molecule has 2 rings (SSSR count). The second-order valence-corrected chi connectivity index (χ2v) is 9.42. The molecule has 1 fully saturated rings. The van der Waals surface area contributed by atoms with Gasteiger partial charge in [-0.25, -0.2) is 18.6 Å². The number of halogens is 1. The lowest BCUT2D eigenvalue weighted by Crippen LogP contribution is -2.68. The van der Waals surface area contributed by atoms with Gasteiger partial charge in [-0.1, -0.05) is 18.2 Å². The second kappa shape index (κ2) is 6.80. The average molecular weight is 293 g/mol. The summed E-state index contributed by atoms with van der Waals surface area (Å²) < 4.78 is 34.0. The topological polar surface area (TPSA) is 92.2 Å². The third-order valence-corrected chi connectivity index (χ3v) is 8.28. The second-order valence-electron chi connectivity index (χ2n) is 4.33. The Morgan fingerprint density at radius 3 is 1.83 bits per heavy atom. The van der Waals surface area contributed by atoms with Crippen LogP contribution in [0.1, 0.15) is 19.8 Å². The number of benzene rings is 1. The van der Waals surface area contributed by atoms with Gasteiger partial charge < -0.3 is 0 Å². The SMILES string of the molecule is CC[P+]1(c2ccccc2)CCCC1.[O-][Cl+3]([O-])([O-])[O-]. The Morgan fingerprint density at radius 2 is 1.44 bits per heavy atom. The van der Waals surface area contributed by atoms with E-state index in [0.29, 0.717) is 0 Å². The van der Waals surface area contributed by atoms with Crippen LogP contribution in [0.2, 0.25) is 0 Å². The van der Waals surface area contributed by atoms with Crippen molar-refractivity contribution >= 4 is 12.6 Å². The quantitative estimate of drug-likeness (QED) is 0.613. The van der Waals surface area contributed by atoms with Gasteiger partial charge in [-0.15, -0.1) is 10.2 Å². The Labute approximate surface area is 110 Å². The molecule has 4 nitrogen and oxygen atoms in total. The van der Waals surface area contributed by atoms with Crippen LogP contribution in [0.25, 0.3) is 0 Å². The lowest BCUT2D eigenvalue weighted by atomic mass is 10.4. The zero-order chi connectivity index (χ0) is 13.6. The minimum Gasteiger partial charge on any atom is -0.222 e. The van der Waals surface area contributed by atoms with Crippen LogP contribution in [-0.2, 0) is 0 Å². The van der Waals surface area contributed by atoms with Crippen molar-refractivity contribution in [3.8, 4) is 0 Å². The molecule has 0 N–H and O–H groups in total. The van der Waals surface area contributed by atoms with Crippen LogP contribution in [0.15, 0.2) is 30.3 Å². The number of hydrogen-bond donors (Lipinski definition) is 0. The van der Waals surface area contributed by atoms with Crippen molar-refractivity contribution in [2.75, 3.05) is 18.5 Å². The van der Waals surface area contributed by atoms with Gasteiger partial charge in [0, 0.05) is 7.26 Å². The number of rotatable bonds is 2. The summed E-state index contributed by atoms with van der Waals surface area (Å²) in [7, 11) is -5.62. The van der Waals surface area contributed by atoms with Crippen LogP contribution < -0.4 is 23.9 Å². The maximum Gasteiger partial charge on any atom is 0.0939 e. The van der Waals surface area contributed by atoms with E-state index in [4.69, 9.17) is 18.6 Å². The van der Waals surface area contributed by atoms with E-state index in [1.54, 1.807) is 5.30 Å². The minimum absolute atomic E-state index is 0.680. The van der Waals surface area contributed by atoms with E-state index >= 15 is 0 Å². The zero-order valence-electron chi connectivity index (χ0n) is 10.4. The Bertz CT molecular complexity index is 341. The monoisotopic (exact) mass is 292 g/mol. The van der Waals surface area contributed by atoms with Crippen molar-refractivity contribution in [3.63, 3.8) is 0 Å². The van der Waals surface area contributed by atoms with Crippen molar-refractivity contribution in [3.05, 3.63) is 30.3 Å². The van der Waals surface area contributed by atoms with Crippen molar-refractivity contribution in [1.29, 1.82) is 0 Å². The number of hydrogen-bond acceptors (Lipinski definition) is 4. The fourth-order valence-electron chi connectivity index (χ4n) is 2.44. The van der Waals surface area contributed by atoms with Gasteiger partial charge in [0.15, 0.2) is 0 Å². The molecule has 1 aliphatic rings. The van der Waals surface area contributed by atoms with Gasteiger partial charge in [0.1, 0.15) is 0 Å². The molecule has 0 aromatic heterocycles. The summed E-state index contributed by atoms with van der Waals surface area (Å²) in [5, 5.41) is 1.68. The van der Waals surface area contributed by atoms with E-state index in [0.717, 1.165) is 0 Å². The first-order valence-electron chi connectivity index (χ1n) is 5.91. The molecule has 0 atom stereocenters. The Kier molecular flexibility index (Phi) is 5.99. The van der Waals surface area contributed by atoms with E-state index in [1.807, 2.05) is 0 Å². The van der Waals surface area contributed by atoms with Crippen LogP contribution in [0, 0.1) is 10.2 Å². The third kappa shape index (κ3) is 5.19. The molecule has 1 heterocycles. The van der Waals surface area contributed by atoms with Crippen LogP contribution in [0.3, 0.4) is 0 Å². The molecule has 1 aromatic carbocycles. The predicted molar refractivity (Wildman–Crippen MR) is 62.5 cm³/mol. The Balaban J connectivity index is 0.000000280. The maximum atomic E-state index is 8.49. The van der Waals surface area contributed by atoms with E-state index in [1.165, 1.54) is 31.3 Å². The molecular weight excluding hydrogens is 275 g/mol. The molecule has 0 aliphatic carbocycles. The predicted octanol–water partition coefficient (Wildman–Crippen LogP) is -1.61. The normalized spacial score (nSPS) is 18.1. The minimum atomic E-state index is -4.94. The molecule has 1 aliphatic heterocycles. The molecular formula is C12H18ClO4P. The summed E-state index contributed by atoms with van der Waals surface area (Å²) in [5.41, 5.74) is 0. The largest absolute Gasteiger partial charge is 0.222 e. The maximum absolute atomic E-state index is 8.49. The molecule has 0 bridgehead atoms. The molecule has 0 radical (unpaired) electrons. The highest BCUT2D eigenvalue weighted by Gasteiger charge is 2.40. The third-order valence-electron chi connectivity index (χ3n) is 3.33. The van der Waals surface area contributed by atoms with Gasteiger partial charge in [0.2, 0.25) is 0 Å². The summed E-state index contributed by atoms with van der Waals surface area (Å²) in [5.74, 6) is 0. The van der Waals surface area contributed by atoms with Crippen LogP contribution in [0.4, 0.5) is 0 Å². The van der Waals surface area contributed by atoms with Gasteiger partial charge in [-0.2, -0.15) is 0 Å². The van der Waals surface area contributed by atoms with Crippen molar-refractivity contribution < 1.29 is 28.9 Å². The fraction of sp³-hybridized carbons (Fsp3) is 0.500. The highest BCUT2D eigenvalue weighted by molar-refractivity contribution is 7.83. The first kappa shape index (κ1) is 15.8. The van der Waals surface area contributed by atoms with Gasteiger partial charge in [0.25, 0.3) is 0 Å². The summed E-state index contributed by atoms with van der Waals surface area (Å²) >= 11 is 0. The van der Waals surface area contributed by atoms with Gasteiger partial charge in [-0.3, -0.25) is 0 Å². The van der Waals surface area contributed by atoms with Gasteiger partial charge >= 0.3 is 0 Å². The van der Waals surface area contributed by atoms with E-state index in [-0.39, 0.29) is 0 Å². The standard InChI is InChI=1S/C12H18P.ClHO4/c1-2-13(10-6-7-11-13)12-8-4-3-5-9-12;2-1(3,4)5/h3-5,8-9H,2,6-7,10-11H2,1H3;(H,2,3,4,5)/q+1;/p-1. The molecule has 0 spiro atoms. The zero-order valence-corrected chi connectivity index (χ0v) is 12.0. The Hall–Kier alpha value is -0.220. The van der Waals surface area contributed by atoms with Crippen molar-refractivity contribution in [2.24, 2.45) is 0 Å². The Morgan fingerprint density at radius 1 is 1.00 bits per heavy atom.